The quantitative estimate of drug-likeness (QED) is 0.582. The molecule has 0 atom stereocenters. The Morgan fingerprint density at radius 3 is 2.75 bits per heavy atom. The van der Waals surface area contributed by atoms with Crippen molar-refractivity contribution in [2.75, 3.05) is 19.5 Å². The van der Waals surface area contributed by atoms with Gasteiger partial charge in [-0.2, -0.15) is 0 Å². The van der Waals surface area contributed by atoms with Crippen LogP contribution in [-0.4, -0.2) is 25.6 Å². The molecule has 0 aliphatic carbocycles. The number of nitrogens with one attached hydrogen (secondary N) is 1. The predicted molar refractivity (Wildman–Crippen MR) is 93.7 cm³/mol. The number of esters is 1. The minimum absolute atomic E-state index is 0.213. The zero-order chi connectivity index (χ0) is 17.5. The Labute approximate surface area is 148 Å². The third-order valence-corrected chi connectivity index (χ3v) is 3.69. The van der Waals surface area contributed by atoms with Crippen molar-refractivity contribution in [1.29, 1.82) is 0 Å². The first-order valence-electron chi connectivity index (χ1n) is 7.11. The molecule has 0 heterocycles. The van der Waals surface area contributed by atoms with Crippen LogP contribution in [0.5, 0.6) is 5.75 Å². The summed E-state index contributed by atoms with van der Waals surface area (Å²) in [5.41, 5.74) is 7.11. The maximum absolute atomic E-state index is 12.0. The highest BCUT2D eigenvalue weighted by Crippen LogP contribution is 2.19. The lowest BCUT2D eigenvalue weighted by atomic mass is 10.2. The standard InChI is InChI=1S/C17H17BrN2O4/c1-23-13-4-2-3-11(7-13)9-20-16(21)10-24-17(22)14-8-12(18)5-6-15(14)19/h2-8H,9-10,19H2,1H3,(H,20,21). The van der Waals surface area contributed by atoms with Crippen molar-refractivity contribution in [2.24, 2.45) is 0 Å². The fourth-order valence-corrected chi connectivity index (χ4v) is 2.31. The summed E-state index contributed by atoms with van der Waals surface area (Å²) in [5, 5.41) is 2.67. The van der Waals surface area contributed by atoms with Crippen LogP contribution in [0.4, 0.5) is 5.69 Å². The van der Waals surface area contributed by atoms with Crippen LogP contribution in [0.2, 0.25) is 0 Å². The molecule has 0 saturated heterocycles. The Kier molecular flexibility index (Phi) is 6.20. The summed E-state index contributed by atoms with van der Waals surface area (Å²) in [5.74, 6) is -0.344. The molecule has 0 aliphatic rings. The number of carbonyl (C=O) groups excluding carboxylic acids is 2. The van der Waals surface area contributed by atoms with Gasteiger partial charge in [-0.25, -0.2) is 4.79 Å². The molecule has 2 rings (SSSR count). The molecule has 7 heteroatoms. The largest absolute Gasteiger partial charge is 0.497 e. The highest BCUT2D eigenvalue weighted by Gasteiger charge is 2.13. The molecule has 24 heavy (non-hydrogen) atoms. The fourth-order valence-electron chi connectivity index (χ4n) is 1.95. The van der Waals surface area contributed by atoms with E-state index < -0.39 is 11.9 Å². The van der Waals surface area contributed by atoms with Crippen molar-refractivity contribution in [3.63, 3.8) is 0 Å². The number of hydrogen-bond acceptors (Lipinski definition) is 5. The summed E-state index contributed by atoms with van der Waals surface area (Å²) in [6, 6.07) is 12.2. The van der Waals surface area contributed by atoms with Gasteiger partial charge < -0.3 is 20.5 Å². The third-order valence-electron chi connectivity index (χ3n) is 3.19. The minimum Gasteiger partial charge on any atom is -0.497 e. The lowest BCUT2D eigenvalue weighted by Crippen LogP contribution is -2.28. The van der Waals surface area contributed by atoms with Crippen LogP contribution in [0, 0.1) is 0 Å². The van der Waals surface area contributed by atoms with E-state index in [1.165, 1.54) is 0 Å². The first-order chi connectivity index (χ1) is 11.5. The van der Waals surface area contributed by atoms with Crippen molar-refractivity contribution < 1.29 is 19.1 Å². The van der Waals surface area contributed by atoms with Crippen LogP contribution in [0.25, 0.3) is 0 Å². The van der Waals surface area contributed by atoms with Gasteiger partial charge in [0, 0.05) is 16.7 Å². The van der Waals surface area contributed by atoms with Crippen molar-refractivity contribution >= 4 is 33.5 Å². The number of benzene rings is 2. The Morgan fingerprint density at radius 2 is 2.00 bits per heavy atom. The van der Waals surface area contributed by atoms with E-state index in [0.29, 0.717) is 22.5 Å². The van der Waals surface area contributed by atoms with Gasteiger partial charge in [0.25, 0.3) is 5.91 Å². The van der Waals surface area contributed by atoms with Gasteiger partial charge in [-0.3, -0.25) is 4.79 Å². The maximum Gasteiger partial charge on any atom is 0.340 e. The highest BCUT2D eigenvalue weighted by molar-refractivity contribution is 9.10. The smallest absolute Gasteiger partial charge is 0.340 e. The Morgan fingerprint density at radius 1 is 1.21 bits per heavy atom. The molecule has 0 bridgehead atoms. The van der Waals surface area contributed by atoms with E-state index >= 15 is 0 Å². The molecule has 0 aliphatic heterocycles. The number of methoxy groups -OCH3 is 1. The predicted octanol–water partition coefficient (Wildman–Crippen LogP) is 2.51. The number of anilines is 1. The van der Waals surface area contributed by atoms with Crippen LogP contribution in [-0.2, 0) is 16.1 Å². The molecule has 0 aromatic heterocycles. The Balaban J connectivity index is 1.84. The molecule has 2 aromatic carbocycles. The van der Waals surface area contributed by atoms with Gasteiger partial charge in [0.15, 0.2) is 6.61 Å². The summed E-state index contributed by atoms with van der Waals surface area (Å²) in [4.78, 5) is 23.8. The van der Waals surface area contributed by atoms with Crippen LogP contribution in [0.15, 0.2) is 46.9 Å². The first kappa shape index (κ1) is 17.8. The number of rotatable bonds is 6. The average molecular weight is 393 g/mol. The number of ether oxygens (including phenoxy) is 2. The van der Waals surface area contributed by atoms with E-state index in [4.69, 9.17) is 15.2 Å². The molecule has 1 amide bonds. The first-order valence-corrected chi connectivity index (χ1v) is 7.90. The lowest BCUT2D eigenvalue weighted by Gasteiger charge is -2.09. The monoisotopic (exact) mass is 392 g/mol. The second-order valence-corrected chi connectivity index (χ2v) is 5.85. The summed E-state index contributed by atoms with van der Waals surface area (Å²) in [6.45, 7) is -0.0681. The van der Waals surface area contributed by atoms with E-state index in [0.717, 1.165) is 5.56 Å². The van der Waals surface area contributed by atoms with Gasteiger partial charge in [0.2, 0.25) is 0 Å². The normalized spacial score (nSPS) is 10.1. The van der Waals surface area contributed by atoms with Gasteiger partial charge in [-0.15, -0.1) is 0 Å². The average Bonchev–Trinajstić information content (AvgIpc) is 2.60. The zero-order valence-electron chi connectivity index (χ0n) is 13.0. The van der Waals surface area contributed by atoms with Crippen LogP contribution >= 0.6 is 15.9 Å². The summed E-state index contributed by atoms with van der Waals surface area (Å²) >= 11 is 3.25. The van der Waals surface area contributed by atoms with Crippen LogP contribution in [0.3, 0.4) is 0 Å². The molecule has 2 aromatic rings. The fraction of sp³-hybridized carbons (Fsp3) is 0.176. The molecule has 0 radical (unpaired) electrons. The number of nitrogens with two attached hydrogens (primary N) is 1. The van der Waals surface area contributed by atoms with E-state index in [1.54, 1.807) is 25.3 Å². The number of amides is 1. The van der Waals surface area contributed by atoms with Gasteiger partial charge >= 0.3 is 5.97 Å². The molecule has 6 nitrogen and oxygen atoms in total. The number of carbonyl (C=O) groups is 2. The molecule has 3 N–H and O–H groups in total. The molecule has 0 unspecified atom stereocenters. The van der Waals surface area contributed by atoms with Crippen molar-refractivity contribution in [3.8, 4) is 5.75 Å². The Hall–Kier alpha value is -2.54. The molecule has 126 valence electrons. The van der Waals surface area contributed by atoms with Gasteiger partial charge in [0.1, 0.15) is 5.75 Å². The van der Waals surface area contributed by atoms with Crippen LogP contribution in [0.1, 0.15) is 15.9 Å². The molecular formula is C17H17BrN2O4. The number of hydrogen-bond donors (Lipinski definition) is 2. The topological polar surface area (TPSA) is 90.6 Å². The van der Waals surface area contributed by atoms with Gasteiger partial charge in [-0.05, 0) is 35.9 Å². The maximum atomic E-state index is 12.0. The number of nitrogen functional groups attached to an aromatic ring is 1. The third kappa shape index (κ3) is 4.99. The summed E-state index contributed by atoms with van der Waals surface area (Å²) in [6.07, 6.45) is 0. The van der Waals surface area contributed by atoms with Crippen molar-refractivity contribution in [3.05, 3.63) is 58.1 Å². The summed E-state index contributed by atoms with van der Waals surface area (Å²) < 4.78 is 10.8. The molecule has 0 spiro atoms. The number of halogens is 1. The van der Waals surface area contributed by atoms with Crippen LogP contribution < -0.4 is 15.8 Å². The van der Waals surface area contributed by atoms with E-state index in [2.05, 4.69) is 21.2 Å². The van der Waals surface area contributed by atoms with Crippen molar-refractivity contribution in [1.82, 2.24) is 5.32 Å². The van der Waals surface area contributed by atoms with Gasteiger partial charge in [-0.1, -0.05) is 28.1 Å². The molecule has 0 saturated carbocycles. The zero-order valence-corrected chi connectivity index (χ0v) is 14.6. The molecule has 0 fully saturated rings. The van der Waals surface area contributed by atoms with Crippen molar-refractivity contribution in [2.45, 2.75) is 6.54 Å². The molecular weight excluding hydrogens is 376 g/mol. The lowest BCUT2D eigenvalue weighted by molar-refractivity contribution is -0.124. The SMILES string of the molecule is COc1cccc(CNC(=O)COC(=O)c2cc(Br)ccc2N)c1. The minimum atomic E-state index is -0.648. The second-order valence-electron chi connectivity index (χ2n) is 4.94. The van der Waals surface area contributed by atoms with Gasteiger partial charge in [0.05, 0.1) is 12.7 Å². The summed E-state index contributed by atoms with van der Waals surface area (Å²) in [7, 11) is 1.57. The Bertz CT molecular complexity index is 749. The second kappa shape index (κ2) is 8.35. The van der Waals surface area contributed by atoms with E-state index in [1.807, 2.05) is 24.3 Å². The highest BCUT2D eigenvalue weighted by atomic mass is 79.9. The van der Waals surface area contributed by atoms with E-state index in [-0.39, 0.29) is 12.2 Å². The van der Waals surface area contributed by atoms with E-state index in [9.17, 15) is 9.59 Å².